The van der Waals surface area contributed by atoms with Crippen LogP contribution >= 0.6 is 12.2 Å². The van der Waals surface area contributed by atoms with E-state index in [0.717, 1.165) is 50.5 Å². The van der Waals surface area contributed by atoms with Crippen LogP contribution in [0.15, 0.2) is 48.5 Å². The summed E-state index contributed by atoms with van der Waals surface area (Å²) in [6, 6.07) is 13.9. The first kappa shape index (κ1) is 49.4. The summed E-state index contributed by atoms with van der Waals surface area (Å²) in [7, 11) is 0. The average molecular weight is 825 g/mol. The van der Waals surface area contributed by atoms with Crippen molar-refractivity contribution in [3.8, 4) is 0 Å². The summed E-state index contributed by atoms with van der Waals surface area (Å²) < 4.78 is 10.6. The molecule has 2 aromatic rings. The zero-order valence-corrected chi connectivity index (χ0v) is 37.0. The van der Waals surface area contributed by atoms with E-state index in [-0.39, 0.29) is 28.2 Å². The minimum absolute atomic E-state index is 0.00122. The van der Waals surface area contributed by atoms with Gasteiger partial charge in [0.25, 0.3) is 5.91 Å². The number of thiocarbonyl (C=S) groups is 1. The molecule has 0 fully saturated rings. The van der Waals surface area contributed by atoms with Gasteiger partial charge in [-0.3, -0.25) is 19.7 Å². The zero-order valence-electron chi connectivity index (χ0n) is 36.2. The van der Waals surface area contributed by atoms with Crippen LogP contribution < -0.4 is 31.9 Å². The Morgan fingerprint density at radius 1 is 0.603 bits per heavy atom. The molecule has 322 valence electrons. The molecule has 5 amide bonds. The molecular formula is C44H68N6O7S. The smallest absolute Gasteiger partial charge is 0.408 e. The van der Waals surface area contributed by atoms with E-state index in [9.17, 15) is 24.0 Å². The van der Waals surface area contributed by atoms with Crippen molar-refractivity contribution in [3.05, 3.63) is 59.7 Å². The van der Waals surface area contributed by atoms with E-state index >= 15 is 0 Å². The molecule has 0 bridgehead atoms. The number of benzene rings is 2. The standard InChI is InChI=1S/C44H68N6O7S/c1-42(2,3)32-23-21-31(22-24-32)37(52)50-39(58)48-34-27-25-33(26-28-34)47-36(51)20-15-13-11-10-12-14-17-29-45-38(53)35(49-41(55)57-44(7,8)9)19-16-18-30-46-40(54)56-43(4,5)6/h21-28,35H,10-20,29-30H2,1-9H3,(H,45,53)(H,46,54)(H,47,51)(H,49,55)(H2,48,50,52,58)/t35-/m0/s1. The minimum Gasteiger partial charge on any atom is -0.444 e. The molecule has 0 aromatic heterocycles. The van der Waals surface area contributed by atoms with E-state index in [1.165, 1.54) is 0 Å². The molecule has 0 heterocycles. The SMILES string of the molecule is CC(C)(C)OC(=O)NCCCC[C@H](NC(=O)OC(C)(C)C)C(=O)NCCCCCCCCCC(=O)Nc1ccc(NC(=S)NC(=O)c2ccc(C(C)(C)C)cc2)cc1. The second kappa shape index (κ2) is 24.3. The van der Waals surface area contributed by atoms with E-state index < -0.39 is 29.4 Å². The third-order valence-corrected chi connectivity index (χ3v) is 8.85. The van der Waals surface area contributed by atoms with Gasteiger partial charge in [-0.25, -0.2) is 9.59 Å². The first-order chi connectivity index (χ1) is 27.1. The predicted molar refractivity (Wildman–Crippen MR) is 235 cm³/mol. The third kappa shape index (κ3) is 22.3. The highest BCUT2D eigenvalue weighted by atomic mass is 32.1. The van der Waals surface area contributed by atoms with Crippen molar-refractivity contribution in [3.63, 3.8) is 0 Å². The van der Waals surface area contributed by atoms with E-state index in [0.29, 0.717) is 55.7 Å². The lowest BCUT2D eigenvalue weighted by atomic mass is 9.87. The maximum absolute atomic E-state index is 13.0. The predicted octanol–water partition coefficient (Wildman–Crippen LogP) is 8.87. The Kier molecular flexibility index (Phi) is 20.7. The van der Waals surface area contributed by atoms with Crippen LogP contribution in [-0.4, -0.2) is 65.4 Å². The molecule has 0 radical (unpaired) electrons. The summed E-state index contributed by atoms with van der Waals surface area (Å²) >= 11 is 5.32. The molecular weight excluding hydrogens is 757 g/mol. The molecule has 14 heteroatoms. The summed E-state index contributed by atoms with van der Waals surface area (Å²) in [5.74, 6) is -0.602. The summed E-state index contributed by atoms with van der Waals surface area (Å²) in [5.41, 5.74) is 1.75. The van der Waals surface area contributed by atoms with Crippen molar-refractivity contribution in [2.45, 2.75) is 156 Å². The van der Waals surface area contributed by atoms with Gasteiger partial charge in [-0.05, 0) is 133 Å². The molecule has 0 saturated carbocycles. The second-order valence-electron chi connectivity index (χ2n) is 17.5. The number of carbonyl (C=O) groups excluding carboxylic acids is 5. The summed E-state index contributed by atoms with van der Waals surface area (Å²) in [6.07, 6.45) is 7.48. The van der Waals surface area contributed by atoms with Crippen molar-refractivity contribution in [1.29, 1.82) is 0 Å². The van der Waals surface area contributed by atoms with Gasteiger partial charge < -0.3 is 36.1 Å². The van der Waals surface area contributed by atoms with Crippen LogP contribution in [0.5, 0.6) is 0 Å². The van der Waals surface area contributed by atoms with Gasteiger partial charge in [-0.2, -0.15) is 0 Å². The quantitative estimate of drug-likeness (QED) is 0.0563. The monoisotopic (exact) mass is 824 g/mol. The lowest BCUT2D eigenvalue weighted by molar-refractivity contribution is -0.123. The van der Waals surface area contributed by atoms with Crippen LogP contribution in [0.1, 0.15) is 149 Å². The van der Waals surface area contributed by atoms with Gasteiger partial charge in [0.1, 0.15) is 17.2 Å². The highest BCUT2D eigenvalue weighted by Crippen LogP contribution is 2.22. The summed E-state index contributed by atoms with van der Waals surface area (Å²) in [5, 5.41) is 17.2. The van der Waals surface area contributed by atoms with Crippen molar-refractivity contribution < 1.29 is 33.4 Å². The highest BCUT2D eigenvalue weighted by molar-refractivity contribution is 7.80. The Morgan fingerprint density at radius 2 is 1.10 bits per heavy atom. The van der Waals surface area contributed by atoms with Gasteiger partial charge in [0.15, 0.2) is 5.11 Å². The normalized spacial score (nSPS) is 12.1. The fourth-order valence-corrected chi connectivity index (χ4v) is 5.86. The molecule has 58 heavy (non-hydrogen) atoms. The number of nitrogens with one attached hydrogen (secondary N) is 6. The number of rotatable bonds is 20. The van der Waals surface area contributed by atoms with Crippen molar-refractivity contribution >= 4 is 58.6 Å². The number of hydrogen-bond donors (Lipinski definition) is 6. The van der Waals surface area contributed by atoms with Crippen molar-refractivity contribution in [1.82, 2.24) is 21.3 Å². The van der Waals surface area contributed by atoms with E-state index in [2.05, 4.69) is 52.7 Å². The molecule has 0 saturated heterocycles. The largest absolute Gasteiger partial charge is 0.444 e. The second-order valence-corrected chi connectivity index (χ2v) is 17.9. The number of anilines is 2. The molecule has 13 nitrogen and oxygen atoms in total. The van der Waals surface area contributed by atoms with E-state index in [1.807, 2.05) is 12.1 Å². The number of amides is 5. The topological polar surface area (TPSA) is 176 Å². The first-order valence-electron chi connectivity index (χ1n) is 20.5. The molecule has 0 aliphatic carbocycles. The molecule has 6 N–H and O–H groups in total. The zero-order chi connectivity index (χ0) is 43.4. The Hall–Kier alpha value is -4.72. The molecule has 0 aliphatic heterocycles. The van der Waals surface area contributed by atoms with E-state index in [4.69, 9.17) is 21.7 Å². The van der Waals surface area contributed by atoms with Crippen LogP contribution in [0.4, 0.5) is 21.0 Å². The fraction of sp³-hybridized carbons (Fsp3) is 0.591. The Labute approximate surface area is 351 Å². The third-order valence-electron chi connectivity index (χ3n) is 8.64. The van der Waals surface area contributed by atoms with Crippen LogP contribution in [-0.2, 0) is 24.5 Å². The van der Waals surface area contributed by atoms with Gasteiger partial charge in [0, 0.05) is 36.4 Å². The van der Waals surface area contributed by atoms with Crippen LogP contribution in [0.3, 0.4) is 0 Å². The van der Waals surface area contributed by atoms with Crippen LogP contribution in [0, 0.1) is 0 Å². The number of unbranched alkanes of at least 4 members (excludes halogenated alkanes) is 7. The minimum atomic E-state index is -0.752. The van der Waals surface area contributed by atoms with Gasteiger partial charge >= 0.3 is 12.2 Å². The fourth-order valence-electron chi connectivity index (χ4n) is 5.65. The Morgan fingerprint density at radius 3 is 1.67 bits per heavy atom. The van der Waals surface area contributed by atoms with Gasteiger partial charge in [-0.1, -0.05) is 65.0 Å². The van der Waals surface area contributed by atoms with Crippen molar-refractivity contribution in [2.75, 3.05) is 23.7 Å². The summed E-state index contributed by atoms with van der Waals surface area (Å²) in [6.45, 7) is 17.9. The molecule has 1 atom stereocenters. The number of carbonyl (C=O) groups is 5. The van der Waals surface area contributed by atoms with E-state index in [1.54, 1.807) is 77.9 Å². The molecule has 0 aliphatic rings. The maximum atomic E-state index is 13.0. The van der Waals surface area contributed by atoms with Crippen LogP contribution in [0.2, 0.25) is 0 Å². The highest BCUT2D eigenvalue weighted by Gasteiger charge is 2.24. The summed E-state index contributed by atoms with van der Waals surface area (Å²) in [4.78, 5) is 62.4. The number of alkyl carbamates (subject to hydrolysis) is 2. The first-order valence-corrected chi connectivity index (χ1v) is 20.9. The maximum Gasteiger partial charge on any atom is 0.408 e. The average Bonchev–Trinajstić information content (AvgIpc) is 3.10. The number of hydrogen-bond acceptors (Lipinski definition) is 8. The van der Waals surface area contributed by atoms with Crippen molar-refractivity contribution in [2.24, 2.45) is 0 Å². The number of ether oxygens (including phenoxy) is 2. The molecule has 0 unspecified atom stereocenters. The van der Waals surface area contributed by atoms with Gasteiger partial charge in [0.05, 0.1) is 0 Å². The van der Waals surface area contributed by atoms with Gasteiger partial charge in [-0.15, -0.1) is 0 Å². The van der Waals surface area contributed by atoms with Crippen LogP contribution in [0.25, 0.3) is 0 Å². The molecule has 2 rings (SSSR count). The van der Waals surface area contributed by atoms with Gasteiger partial charge in [0.2, 0.25) is 11.8 Å². The Balaban J connectivity index is 1.60. The lowest BCUT2D eigenvalue weighted by Gasteiger charge is -2.23. The lowest BCUT2D eigenvalue weighted by Crippen LogP contribution is -2.48. The molecule has 2 aromatic carbocycles. The molecule has 0 spiro atoms. The Bertz CT molecular complexity index is 1630.